The molecule has 0 aliphatic heterocycles. The minimum absolute atomic E-state index is 0.276. The van der Waals surface area contributed by atoms with Crippen LogP contribution >= 0.6 is 0 Å². The van der Waals surface area contributed by atoms with Crippen LogP contribution in [0.15, 0.2) is 54.6 Å². The van der Waals surface area contributed by atoms with Crippen LogP contribution in [0.25, 0.3) is 11.3 Å². The van der Waals surface area contributed by atoms with Crippen LogP contribution in [0.1, 0.15) is 31.4 Å². The molecule has 32 heavy (non-hydrogen) atoms. The first kappa shape index (κ1) is 24.0. The Hall–Kier alpha value is -2.67. The van der Waals surface area contributed by atoms with E-state index < -0.39 is 6.10 Å². The fraction of sp³-hybridized carbons (Fsp3) is 0.423. The van der Waals surface area contributed by atoms with E-state index in [1.807, 2.05) is 49.5 Å². The summed E-state index contributed by atoms with van der Waals surface area (Å²) in [6.45, 7) is 7.81. The van der Waals surface area contributed by atoms with Gasteiger partial charge in [0.2, 0.25) is 5.88 Å². The summed E-state index contributed by atoms with van der Waals surface area (Å²) in [4.78, 5) is 2.27. The predicted octanol–water partition coefficient (Wildman–Crippen LogP) is 4.80. The number of aryl methyl sites for hydroxylation is 2. The third kappa shape index (κ3) is 5.97. The molecule has 1 aromatic heterocycles. The number of benzene rings is 2. The van der Waals surface area contributed by atoms with Crippen molar-refractivity contribution < 1.29 is 14.6 Å². The highest BCUT2D eigenvalue weighted by molar-refractivity contribution is 5.65. The number of methoxy groups -OCH3 is 1. The third-order valence-corrected chi connectivity index (χ3v) is 5.75. The van der Waals surface area contributed by atoms with E-state index in [1.54, 1.807) is 11.8 Å². The zero-order valence-electron chi connectivity index (χ0n) is 19.8. The van der Waals surface area contributed by atoms with Crippen molar-refractivity contribution in [1.82, 2.24) is 14.7 Å². The van der Waals surface area contributed by atoms with Crippen LogP contribution in [0.2, 0.25) is 0 Å². The van der Waals surface area contributed by atoms with Crippen molar-refractivity contribution in [3.63, 3.8) is 0 Å². The maximum Gasteiger partial charge on any atom is 0.222 e. The molecule has 0 radical (unpaired) electrons. The Morgan fingerprint density at radius 2 is 1.78 bits per heavy atom. The smallest absolute Gasteiger partial charge is 0.222 e. The molecular formula is C26H35N3O3. The van der Waals surface area contributed by atoms with Crippen LogP contribution in [-0.2, 0) is 18.3 Å². The molecule has 6 heteroatoms. The molecule has 3 aromatic rings. The maximum atomic E-state index is 10.4. The molecule has 0 bridgehead atoms. The first-order valence-electron chi connectivity index (χ1n) is 11.2. The van der Waals surface area contributed by atoms with Gasteiger partial charge < -0.3 is 14.6 Å². The third-order valence-electron chi connectivity index (χ3n) is 5.75. The van der Waals surface area contributed by atoms with Crippen molar-refractivity contribution in [2.24, 2.45) is 7.05 Å². The molecular weight excluding hydrogens is 402 g/mol. The highest BCUT2D eigenvalue weighted by Crippen LogP contribution is 2.34. The van der Waals surface area contributed by atoms with Gasteiger partial charge >= 0.3 is 0 Å². The van der Waals surface area contributed by atoms with Gasteiger partial charge in [-0.2, -0.15) is 5.10 Å². The quantitative estimate of drug-likeness (QED) is 0.467. The van der Waals surface area contributed by atoms with E-state index in [1.165, 1.54) is 5.56 Å². The van der Waals surface area contributed by atoms with E-state index in [-0.39, 0.29) is 6.04 Å². The molecule has 3 rings (SSSR count). The lowest BCUT2D eigenvalue weighted by Gasteiger charge is -2.30. The van der Waals surface area contributed by atoms with Crippen LogP contribution in [0.5, 0.6) is 11.6 Å². The Morgan fingerprint density at radius 3 is 2.41 bits per heavy atom. The number of rotatable bonds is 11. The van der Waals surface area contributed by atoms with Crippen LogP contribution in [0, 0.1) is 6.92 Å². The molecule has 0 spiro atoms. The molecule has 0 unspecified atom stereocenters. The Morgan fingerprint density at radius 1 is 1.09 bits per heavy atom. The molecule has 0 aliphatic carbocycles. The summed E-state index contributed by atoms with van der Waals surface area (Å²) in [6.07, 6.45) is 0.404. The monoisotopic (exact) mass is 437 g/mol. The minimum atomic E-state index is -0.563. The van der Waals surface area contributed by atoms with Crippen LogP contribution in [0.3, 0.4) is 0 Å². The molecule has 6 nitrogen and oxygen atoms in total. The average Bonchev–Trinajstić information content (AvgIpc) is 3.10. The van der Waals surface area contributed by atoms with Crippen LogP contribution < -0.4 is 4.74 Å². The maximum absolute atomic E-state index is 10.4. The molecule has 1 heterocycles. The second kappa shape index (κ2) is 11.3. The molecule has 0 saturated carbocycles. The summed E-state index contributed by atoms with van der Waals surface area (Å²) in [5.74, 6) is 1.48. The second-order valence-corrected chi connectivity index (χ2v) is 8.33. The van der Waals surface area contributed by atoms with Gasteiger partial charge in [-0.1, -0.05) is 55.0 Å². The molecule has 2 atom stereocenters. The summed E-state index contributed by atoms with van der Waals surface area (Å²) in [6, 6.07) is 18.5. The van der Waals surface area contributed by atoms with Gasteiger partial charge in [-0.05, 0) is 32.4 Å². The Kier molecular flexibility index (Phi) is 8.45. The Bertz CT molecular complexity index is 970. The second-order valence-electron chi connectivity index (χ2n) is 8.33. The van der Waals surface area contributed by atoms with E-state index in [4.69, 9.17) is 14.6 Å². The average molecular weight is 438 g/mol. The summed E-state index contributed by atoms with van der Waals surface area (Å²) < 4.78 is 13.3. The molecule has 0 amide bonds. The number of hydrogen-bond donors (Lipinski definition) is 1. The molecule has 172 valence electrons. The van der Waals surface area contributed by atoms with Gasteiger partial charge in [0.25, 0.3) is 0 Å². The van der Waals surface area contributed by atoms with Crippen molar-refractivity contribution in [1.29, 1.82) is 0 Å². The zero-order valence-corrected chi connectivity index (χ0v) is 19.8. The summed E-state index contributed by atoms with van der Waals surface area (Å²) in [7, 11) is 3.52. The number of aliphatic hydroxyl groups excluding tert-OH is 1. The van der Waals surface area contributed by atoms with Gasteiger partial charge in [0.15, 0.2) is 0 Å². The Labute approximate surface area is 191 Å². The standard InChI is InChI=1S/C26H35N3O3/c1-6-20(3)29(16-22(30)18-31-5)17-24-25(21-10-8-7-9-11-21)27-28(4)26(24)32-23-14-12-19(2)13-15-23/h7-15,20,22,30H,6,16-18H2,1-5H3/t20-,22-/m0/s1. The van der Waals surface area contributed by atoms with Gasteiger partial charge in [0.05, 0.1) is 18.3 Å². The van der Waals surface area contributed by atoms with E-state index >= 15 is 0 Å². The minimum Gasteiger partial charge on any atom is -0.439 e. The van der Waals surface area contributed by atoms with Gasteiger partial charge in [0.1, 0.15) is 11.4 Å². The topological polar surface area (TPSA) is 59.8 Å². The summed E-state index contributed by atoms with van der Waals surface area (Å²) in [5.41, 5.74) is 4.12. The van der Waals surface area contributed by atoms with Crippen LogP contribution in [0.4, 0.5) is 0 Å². The number of ether oxygens (including phenoxy) is 2. The van der Waals surface area contributed by atoms with Crippen molar-refractivity contribution in [3.8, 4) is 22.9 Å². The SMILES string of the molecule is CC[C@H](C)N(Cc1c(-c2ccccc2)nn(C)c1Oc1ccc(C)cc1)C[C@H](O)COC. The summed E-state index contributed by atoms with van der Waals surface area (Å²) in [5, 5.41) is 15.3. The molecule has 0 aliphatic rings. The van der Waals surface area contributed by atoms with E-state index in [0.717, 1.165) is 29.0 Å². The van der Waals surface area contributed by atoms with E-state index in [9.17, 15) is 5.11 Å². The fourth-order valence-electron chi connectivity index (χ4n) is 3.75. The lowest BCUT2D eigenvalue weighted by molar-refractivity contribution is 0.0253. The molecule has 1 N–H and O–H groups in total. The van der Waals surface area contributed by atoms with Crippen molar-refractivity contribution in [3.05, 3.63) is 65.7 Å². The molecule has 0 fully saturated rings. The van der Waals surface area contributed by atoms with Crippen molar-refractivity contribution in [2.45, 2.75) is 45.9 Å². The largest absolute Gasteiger partial charge is 0.439 e. The fourth-order valence-corrected chi connectivity index (χ4v) is 3.75. The lowest BCUT2D eigenvalue weighted by Crippen LogP contribution is -2.39. The number of hydrogen-bond acceptors (Lipinski definition) is 5. The van der Waals surface area contributed by atoms with Gasteiger partial charge in [0, 0.05) is 38.9 Å². The van der Waals surface area contributed by atoms with Crippen molar-refractivity contribution >= 4 is 0 Å². The number of aliphatic hydroxyl groups is 1. The molecule has 2 aromatic carbocycles. The van der Waals surface area contributed by atoms with Gasteiger partial charge in [-0.15, -0.1) is 0 Å². The van der Waals surface area contributed by atoms with E-state index in [0.29, 0.717) is 25.6 Å². The first-order valence-corrected chi connectivity index (χ1v) is 11.2. The zero-order chi connectivity index (χ0) is 23.1. The Balaban J connectivity index is 2.02. The first-order chi connectivity index (χ1) is 15.4. The number of nitrogens with zero attached hydrogens (tertiary/aromatic N) is 3. The normalized spacial score (nSPS) is 13.3. The summed E-state index contributed by atoms with van der Waals surface area (Å²) >= 11 is 0. The van der Waals surface area contributed by atoms with Gasteiger partial charge in [-0.3, -0.25) is 4.90 Å². The highest BCUT2D eigenvalue weighted by atomic mass is 16.5. The van der Waals surface area contributed by atoms with Crippen LogP contribution in [-0.4, -0.2) is 52.2 Å². The highest BCUT2D eigenvalue weighted by Gasteiger charge is 2.25. The van der Waals surface area contributed by atoms with Crippen molar-refractivity contribution in [2.75, 3.05) is 20.3 Å². The predicted molar refractivity (Wildman–Crippen MR) is 128 cm³/mol. The lowest BCUT2D eigenvalue weighted by atomic mass is 10.1. The van der Waals surface area contributed by atoms with E-state index in [2.05, 4.69) is 37.8 Å². The molecule has 0 saturated heterocycles. The van der Waals surface area contributed by atoms with Gasteiger partial charge in [-0.25, -0.2) is 4.68 Å². The number of aromatic nitrogens is 2.